The lowest BCUT2D eigenvalue weighted by atomic mass is 9.85. The number of nitrogens with zero attached hydrogens (tertiary/aromatic N) is 3. The van der Waals surface area contributed by atoms with Gasteiger partial charge in [-0.05, 0) is 25.1 Å². The number of nitrogens with one attached hydrogen (secondary N) is 1. The second-order valence-electron chi connectivity index (χ2n) is 7.16. The second-order valence-corrected chi connectivity index (χ2v) is 7.57. The summed E-state index contributed by atoms with van der Waals surface area (Å²) in [7, 11) is 0. The molecule has 0 saturated carbocycles. The van der Waals surface area contributed by atoms with Gasteiger partial charge < -0.3 is 15.8 Å². The third-order valence-corrected chi connectivity index (χ3v) is 4.91. The molecule has 174 valence electrons. The van der Waals surface area contributed by atoms with E-state index in [0.717, 1.165) is 31.3 Å². The minimum atomic E-state index is -4.60. The highest BCUT2D eigenvalue weighted by molar-refractivity contribution is 6.34. The van der Waals surface area contributed by atoms with E-state index in [9.17, 15) is 31.1 Å². The third kappa shape index (κ3) is 4.83. The van der Waals surface area contributed by atoms with Crippen molar-refractivity contribution < 1.29 is 35.9 Å². The molecule has 1 aromatic carbocycles. The number of carbonyl (C=O) groups excluding carboxylic acids is 1. The fourth-order valence-corrected chi connectivity index (χ4v) is 3.30. The van der Waals surface area contributed by atoms with Gasteiger partial charge in [-0.1, -0.05) is 11.6 Å². The largest absolute Gasteiger partial charge is 0.408 e. The molecular weight excluding hydrogens is 468 g/mol. The summed E-state index contributed by atoms with van der Waals surface area (Å²) in [5.41, 5.74) is 1.85. The number of aliphatic imine (C=N–C) groups is 1. The van der Waals surface area contributed by atoms with Crippen LogP contribution in [0.1, 0.15) is 23.0 Å². The maximum Gasteiger partial charge on any atom is 0.408 e. The zero-order valence-corrected chi connectivity index (χ0v) is 17.1. The Morgan fingerprint density at radius 2 is 2.06 bits per heavy atom. The van der Waals surface area contributed by atoms with Crippen molar-refractivity contribution in [2.45, 2.75) is 31.1 Å². The first-order chi connectivity index (χ1) is 14.7. The predicted molar refractivity (Wildman–Crippen MR) is 102 cm³/mol. The van der Waals surface area contributed by atoms with E-state index in [-0.39, 0.29) is 23.2 Å². The minimum Gasteiger partial charge on any atom is -0.385 e. The van der Waals surface area contributed by atoms with Gasteiger partial charge in [0, 0.05) is 17.4 Å². The highest BCUT2D eigenvalue weighted by atomic mass is 35.5. The number of hydrogen-bond donors (Lipinski definition) is 2. The van der Waals surface area contributed by atoms with E-state index in [1.54, 1.807) is 0 Å². The van der Waals surface area contributed by atoms with Crippen LogP contribution in [0.2, 0.25) is 5.02 Å². The van der Waals surface area contributed by atoms with Crippen LogP contribution in [0.5, 0.6) is 0 Å². The lowest BCUT2D eigenvalue weighted by Crippen LogP contribution is -2.45. The van der Waals surface area contributed by atoms with Gasteiger partial charge in [-0.3, -0.25) is 14.5 Å². The number of aromatic nitrogens is 2. The molecule has 0 fully saturated rings. The molecule has 1 aromatic heterocycles. The Hall–Kier alpha value is -2.80. The van der Waals surface area contributed by atoms with Gasteiger partial charge in [0.2, 0.25) is 0 Å². The summed E-state index contributed by atoms with van der Waals surface area (Å²) in [6.07, 6.45) is -3.79. The summed E-state index contributed by atoms with van der Waals surface area (Å²) >= 11 is 5.79. The molecule has 1 aliphatic rings. The number of alkyl halides is 5. The van der Waals surface area contributed by atoms with Crippen LogP contribution in [0.15, 0.2) is 29.4 Å². The van der Waals surface area contributed by atoms with Crippen LogP contribution in [0.4, 0.5) is 32.0 Å². The molecule has 7 nitrogen and oxygen atoms in total. The van der Waals surface area contributed by atoms with Crippen LogP contribution in [-0.4, -0.2) is 46.8 Å². The van der Waals surface area contributed by atoms with E-state index < -0.39 is 53.8 Å². The highest BCUT2D eigenvalue weighted by Gasteiger charge is 2.54. The van der Waals surface area contributed by atoms with E-state index in [1.807, 2.05) is 0 Å². The van der Waals surface area contributed by atoms with E-state index in [1.165, 1.54) is 0 Å². The number of carbonyl (C=O) groups is 1. The highest BCUT2D eigenvalue weighted by Crippen LogP contribution is 2.44. The number of amides is 1. The average Bonchev–Trinajstić information content (AvgIpc) is 2.96. The molecule has 0 bridgehead atoms. The normalized spacial score (nSPS) is 21.1. The van der Waals surface area contributed by atoms with Crippen LogP contribution in [0.3, 0.4) is 0 Å². The average molecular weight is 484 g/mol. The van der Waals surface area contributed by atoms with Crippen molar-refractivity contribution in [3.8, 4) is 0 Å². The molecule has 32 heavy (non-hydrogen) atoms. The summed E-state index contributed by atoms with van der Waals surface area (Å²) in [5.74, 6) is -6.01. The number of nitrogens with two attached hydrogens (primary N) is 1. The molecule has 2 aromatic rings. The lowest BCUT2D eigenvalue weighted by molar-refractivity contribution is -0.142. The van der Waals surface area contributed by atoms with Gasteiger partial charge in [-0.15, -0.1) is 0 Å². The molecule has 1 aliphatic heterocycles. The van der Waals surface area contributed by atoms with Crippen LogP contribution < -0.4 is 11.1 Å². The van der Waals surface area contributed by atoms with Crippen molar-refractivity contribution in [1.29, 1.82) is 0 Å². The molecule has 1 atom stereocenters. The lowest BCUT2D eigenvalue weighted by Gasteiger charge is -2.33. The Labute approximate surface area is 182 Å². The van der Waals surface area contributed by atoms with Crippen LogP contribution in [0.25, 0.3) is 0 Å². The first-order valence-electron chi connectivity index (χ1n) is 8.93. The first kappa shape index (κ1) is 23.9. The van der Waals surface area contributed by atoms with Gasteiger partial charge in [0.25, 0.3) is 11.8 Å². The standard InChI is InChI=1S/C18H16ClF6N5O2/c1-16(17(21,22)8-32-6-13(26)28-16)10-4-9(2-3-12(10)20)27-15(31)14-11(19)5-30(29-14)7-18(23,24)25/h2-5H,6-8H2,1H3,(H2,26,28)(H,27,31). The Morgan fingerprint density at radius 1 is 1.38 bits per heavy atom. The quantitative estimate of drug-likeness (QED) is 0.648. The Balaban J connectivity index is 1.93. The number of ether oxygens (including phenoxy) is 1. The van der Waals surface area contributed by atoms with Gasteiger partial charge in [-0.25, -0.2) is 13.2 Å². The monoisotopic (exact) mass is 483 g/mol. The van der Waals surface area contributed by atoms with Crippen LogP contribution in [-0.2, 0) is 16.8 Å². The predicted octanol–water partition coefficient (Wildman–Crippen LogP) is 3.73. The molecule has 0 saturated heterocycles. The number of amidine groups is 1. The minimum absolute atomic E-state index is 0.149. The molecular formula is C18H16ClF6N5O2. The molecule has 3 rings (SSSR count). The smallest absolute Gasteiger partial charge is 0.385 e. The Bertz CT molecular complexity index is 1070. The van der Waals surface area contributed by atoms with Gasteiger partial charge >= 0.3 is 6.18 Å². The summed E-state index contributed by atoms with van der Waals surface area (Å²) in [5, 5.41) is 5.36. The van der Waals surface area contributed by atoms with Crippen molar-refractivity contribution in [2.24, 2.45) is 10.7 Å². The number of hydrogen-bond acceptors (Lipinski definition) is 5. The van der Waals surface area contributed by atoms with Crippen molar-refractivity contribution in [3.63, 3.8) is 0 Å². The summed E-state index contributed by atoms with van der Waals surface area (Å²) in [4.78, 5) is 16.2. The first-order valence-corrected chi connectivity index (χ1v) is 9.30. The number of rotatable bonds is 4. The molecule has 2 heterocycles. The SMILES string of the molecule is CC1(c2cc(NC(=O)c3nn(CC(F)(F)F)cc3Cl)ccc2F)N=C(N)COCC1(F)F. The maximum absolute atomic E-state index is 14.7. The second kappa shape index (κ2) is 8.28. The van der Waals surface area contributed by atoms with Gasteiger partial charge in [-0.2, -0.15) is 18.3 Å². The summed E-state index contributed by atoms with van der Waals surface area (Å²) in [6, 6.07) is 2.82. The molecule has 3 N–H and O–H groups in total. The summed E-state index contributed by atoms with van der Waals surface area (Å²) < 4.78 is 86.8. The molecule has 14 heteroatoms. The third-order valence-electron chi connectivity index (χ3n) is 4.63. The van der Waals surface area contributed by atoms with E-state index in [0.29, 0.717) is 4.68 Å². The van der Waals surface area contributed by atoms with E-state index in [2.05, 4.69) is 15.4 Å². The fourth-order valence-electron chi connectivity index (χ4n) is 3.06. The fraction of sp³-hybridized carbons (Fsp3) is 0.389. The molecule has 0 aliphatic carbocycles. The Kier molecular flexibility index (Phi) is 6.17. The van der Waals surface area contributed by atoms with Crippen molar-refractivity contribution in [3.05, 3.63) is 46.5 Å². The van der Waals surface area contributed by atoms with Crippen LogP contribution in [0, 0.1) is 5.82 Å². The molecule has 1 unspecified atom stereocenters. The van der Waals surface area contributed by atoms with Crippen molar-refractivity contribution >= 4 is 29.0 Å². The van der Waals surface area contributed by atoms with Crippen LogP contribution >= 0.6 is 11.6 Å². The molecule has 0 radical (unpaired) electrons. The maximum atomic E-state index is 14.7. The van der Waals surface area contributed by atoms with Gasteiger partial charge in [0.05, 0.1) is 5.02 Å². The zero-order valence-electron chi connectivity index (χ0n) is 16.3. The van der Waals surface area contributed by atoms with Crippen molar-refractivity contribution in [2.75, 3.05) is 18.5 Å². The van der Waals surface area contributed by atoms with Gasteiger partial charge in [0.1, 0.15) is 31.4 Å². The van der Waals surface area contributed by atoms with E-state index in [4.69, 9.17) is 22.1 Å². The number of benzene rings is 1. The molecule has 0 spiro atoms. The Morgan fingerprint density at radius 3 is 2.72 bits per heavy atom. The van der Waals surface area contributed by atoms with Crippen molar-refractivity contribution in [1.82, 2.24) is 9.78 Å². The zero-order chi connectivity index (χ0) is 23.9. The number of halogens is 7. The summed E-state index contributed by atoms with van der Waals surface area (Å²) in [6.45, 7) is -1.96. The topological polar surface area (TPSA) is 94.5 Å². The molecule has 1 amide bonds. The van der Waals surface area contributed by atoms with E-state index >= 15 is 0 Å². The van der Waals surface area contributed by atoms with Gasteiger partial charge in [0.15, 0.2) is 11.2 Å². The number of anilines is 1.